The van der Waals surface area contributed by atoms with E-state index in [1.165, 1.54) is 20.1 Å². The number of esters is 2. The lowest BCUT2D eigenvalue weighted by Crippen LogP contribution is -2.45. The number of amides is 2. The molecule has 50 heavy (non-hydrogen) atoms. The van der Waals surface area contributed by atoms with Crippen molar-refractivity contribution in [2.45, 2.75) is 50.5 Å². The summed E-state index contributed by atoms with van der Waals surface area (Å²) in [4.78, 5) is 66.0. The van der Waals surface area contributed by atoms with Gasteiger partial charge in [0.1, 0.15) is 17.9 Å². The lowest BCUT2D eigenvalue weighted by molar-refractivity contribution is -0.184. The van der Waals surface area contributed by atoms with Crippen LogP contribution in [0.1, 0.15) is 51.3 Å². The summed E-state index contributed by atoms with van der Waals surface area (Å²) < 4.78 is 28.0. The number of fused-ring (bicyclic) bond motifs is 2. The van der Waals surface area contributed by atoms with Crippen LogP contribution in [-0.2, 0) is 54.4 Å². The molecule has 262 valence electrons. The first-order valence-electron chi connectivity index (χ1n) is 15.3. The summed E-state index contributed by atoms with van der Waals surface area (Å²) >= 11 is 12.9. The van der Waals surface area contributed by atoms with E-state index in [9.17, 15) is 28.5 Å². The van der Waals surface area contributed by atoms with Gasteiger partial charge in [0.15, 0.2) is 10.0 Å². The number of nitrogens with zero attached hydrogens (tertiary/aromatic N) is 1. The van der Waals surface area contributed by atoms with E-state index in [0.717, 1.165) is 17.1 Å². The Balaban J connectivity index is 1.34. The molecule has 0 fully saturated rings. The first-order valence-corrected chi connectivity index (χ1v) is 18.6. The van der Waals surface area contributed by atoms with Gasteiger partial charge in [0, 0.05) is 44.3 Å². The molecule has 3 atom stereocenters. The van der Waals surface area contributed by atoms with Crippen molar-refractivity contribution in [2.24, 2.45) is 0 Å². The molecule has 15 heteroatoms. The number of ether oxygens (including phenoxy) is 2. The van der Waals surface area contributed by atoms with Crippen molar-refractivity contribution >= 4 is 86.0 Å². The molecule has 2 unspecified atom stereocenters. The van der Waals surface area contributed by atoms with Crippen molar-refractivity contribution in [3.05, 3.63) is 98.7 Å². The van der Waals surface area contributed by atoms with Crippen molar-refractivity contribution in [3.8, 4) is 0 Å². The molecular weight excluding hydrogens is 727 g/mol. The van der Waals surface area contributed by atoms with Crippen LogP contribution >= 0.6 is 35.0 Å². The molecule has 0 aliphatic carbocycles. The summed E-state index contributed by atoms with van der Waals surface area (Å²) in [5, 5.41) is 3.37. The average Bonchev–Trinajstić information content (AvgIpc) is 3.54. The van der Waals surface area contributed by atoms with E-state index < -0.39 is 41.4 Å². The Morgan fingerprint density at radius 2 is 1.86 bits per heavy atom. The second-order valence-electron chi connectivity index (χ2n) is 11.4. The number of nitrogens with one attached hydrogen (secondary N) is 1. The minimum absolute atomic E-state index is 0.0123. The minimum atomic E-state index is -1.33. The number of hydrogen-bond acceptors (Lipinski definition) is 10. The predicted molar refractivity (Wildman–Crippen MR) is 190 cm³/mol. The molecular formula is C35H32Cl2N2O9S2. The zero-order valence-corrected chi connectivity index (χ0v) is 30.3. The Kier molecular flexibility index (Phi) is 12.2. The van der Waals surface area contributed by atoms with Crippen LogP contribution in [-0.4, -0.2) is 69.2 Å². The van der Waals surface area contributed by atoms with Crippen molar-refractivity contribution in [3.63, 3.8) is 0 Å². The maximum Gasteiger partial charge on any atom is 0.332 e. The van der Waals surface area contributed by atoms with Crippen LogP contribution in [0.2, 0.25) is 10.0 Å². The fraction of sp³-hybridized carbons (Fsp3) is 0.286. The fourth-order valence-electron chi connectivity index (χ4n) is 5.46. The molecule has 1 aliphatic heterocycles. The highest BCUT2D eigenvalue weighted by atomic mass is 35.5. The zero-order chi connectivity index (χ0) is 36.1. The summed E-state index contributed by atoms with van der Waals surface area (Å²) in [5.74, 6) is -2.91. The van der Waals surface area contributed by atoms with Gasteiger partial charge in [-0.25, -0.2) is 4.79 Å². The number of furan rings is 1. The number of hydrogen-bond donors (Lipinski definition) is 1. The zero-order valence-electron chi connectivity index (χ0n) is 27.2. The Morgan fingerprint density at radius 3 is 2.60 bits per heavy atom. The largest absolute Gasteiger partial charge is 0.612 e. The quantitative estimate of drug-likeness (QED) is 0.114. The van der Waals surface area contributed by atoms with Gasteiger partial charge >= 0.3 is 11.9 Å². The fourth-order valence-corrected chi connectivity index (χ4v) is 7.20. The molecule has 4 aromatic rings. The topological polar surface area (TPSA) is 155 Å². The van der Waals surface area contributed by atoms with Crippen LogP contribution in [0.15, 0.2) is 70.2 Å². The van der Waals surface area contributed by atoms with E-state index >= 15 is 0 Å². The van der Waals surface area contributed by atoms with Crippen LogP contribution in [0.3, 0.4) is 0 Å². The first kappa shape index (κ1) is 37.3. The van der Waals surface area contributed by atoms with Gasteiger partial charge < -0.3 is 28.7 Å². The summed E-state index contributed by atoms with van der Waals surface area (Å²) in [6.07, 6.45) is 2.01. The summed E-state index contributed by atoms with van der Waals surface area (Å²) in [5.41, 5.74) is 2.90. The summed E-state index contributed by atoms with van der Waals surface area (Å²) in [6, 6.07) is 14.0. The SMILES string of the molecule is CC(=O)SCC(=O)OC(C)OC(=O)[C@H](Cc1cccc([S+](C)[O-])c1)NC(=O)c1c(Cl)cc2c(c1Cl)CCN(C(=O)c1ccc3ccoc3c1)C2. The third-order valence-electron chi connectivity index (χ3n) is 7.86. The summed E-state index contributed by atoms with van der Waals surface area (Å²) in [7, 11) is 0. The molecule has 1 N–H and O–H groups in total. The third kappa shape index (κ3) is 9.01. The smallest absolute Gasteiger partial charge is 0.332 e. The van der Waals surface area contributed by atoms with E-state index in [-0.39, 0.29) is 45.3 Å². The second kappa shape index (κ2) is 16.3. The highest BCUT2D eigenvalue weighted by Gasteiger charge is 2.31. The van der Waals surface area contributed by atoms with E-state index in [1.807, 2.05) is 12.1 Å². The lowest BCUT2D eigenvalue weighted by Gasteiger charge is -2.30. The van der Waals surface area contributed by atoms with Gasteiger partial charge in [-0.15, -0.1) is 0 Å². The van der Waals surface area contributed by atoms with Crippen LogP contribution in [0.25, 0.3) is 11.0 Å². The number of carbonyl (C=O) groups excluding carboxylic acids is 5. The van der Waals surface area contributed by atoms with Crippen LogP contribution in [0.4, 0.5) is 0 Å². The predicted octanol–water partition coefficient (Wildman–Crippen LogP) is 5.73. The number of benzene rings is 3. The van der Waals surface area contributed by atoms with Crippen molar-refractivity contribution in [1.29, 1.82) is 0 Å². The Labute approximate surface area is 305 Å². The summed E-state index contributed by atoms with van der Waals surface area (Å²) in [6.45, 7) is 3.17. The molecule has 0 saturated heterocycles. The van der Waals surface area contributed by atoms with Gasteiger partial charge in [0.05, 0.1) is 27.6 Å². The second-order valence-corrected chi connectivity index (χ2v) is 14.8. The molecule has 0 bridgehead atoms. The minimum Gasteiger partial charge on any atom is -0.612 e. The van der Waals surface area contributed by atoms with E-state index in [1.54, 1.807) is 53.6 Å². The molecule has 11 nitrogen and oxygen atoms in total. The van der Waals surface area contributed by atoms with Crippen LogP contribution in [0, 0.1) is 0 Å². The van der Waals surface area contributed by atoms with Gasteiger partial charge in [-0.05, 0) is 70.7 Å². The van der Waals surface area contributed by atoms with Gasteiger partial charge in [0.2, 0.25) is 6.29 Å². The average molecular weight is 760 g/mol. The van der Waals surface area contributed by atoms with Gasteiger partial charge in [-0.1, -0.05) is 53.2 Å². The standard InChI is InChI=1S/C35H32Cl2N2O9S2/c1-19(40)49-18-30(41)47-20(2)48-35(44)28(14-21-5-4-6-25(13-21)50(3)45)38-33(42)31-27(36)15-24-17-39(11-9-26(24)32(31)37)34(43)23-8-7-22-10-12-46-29(22)16-23/h4-8,10,12-13,15-16,20,28H,9,11,14,17-18H2,1-3H3,(H,38,42)/t20?,28-,50?/m0/s1. The lowest BCUT2D eigenvalue weighted by atomic mass is 9.95. The molecule has 2 heterocycles. The molecule has 3 aromatic carbocycles. The van der Waals surface area contributed by atoms with E-state index in [2.05, 4.69) is 5.32 Å². The molecule has 2 amide bonds. The molecule has 1 aliphatic rings. The van der Waals surface area contributed by atoms with Gasteiger partial charge in [-0.3, -0.25) is 19.2 Å². The highest BCUT2D eigenvalue weighted by Crippen LogP contribution is 2.35. The third-order valence-corrected chi connectivity index (χ3v) is 10.3. The Hall–Kier alpha value is -4.01. The molecule has 0 radical (unpaired) electrons. The van der Waals surface area contributed by atoms with Crippen molar-refractivity contribution < 1.29 is 42.4 Å². The Bertz CT molecular complexity index is 1970. The first-order chi connectivity index (χ1) is 23.8. The molecule has 1 aromatic heterocycles. The van der Waals surface area contributed by atoms with Crippen LogP contribution in [0.5, 0.6) is 0 Å². The molecule has 0 saturated carbocycles. The van der Waals surface area contributed by atoms with Gasteiger partial charge in [0.25, 0.3) is 11.8 Å². The maximum atomic E-state index is 13.8. The van der Waals surface area contributed by atoms with Crippen LogP contribution < -0.4 is 5.32 Å². The van der Waals surface area contributed by atoms with Crippen molar-refractivity contribution in [2.75, 3.05) is 18.6 Å². The number of carbonyl (C=O) groups is 5. The monoisotopic (exact) mass is 758 g/mol. The molecule has 0 spiro atoms. The number of rotatable bonds is 11. The number of halogens is 2. The normalized spacial score (nSPS) is 14.3. The highest BCUT2D eigenvalue weighted by molar-refractivity contribution is 8.14. The van der Waals surface area contributed by atoms with E-state index in [4.69, 9.17) is 37.1 Å². The molecule has 5 rings (SSSR count). The van der Waals surface area contributed by atoms with E-state index in [0.29, 0.717) is 45.7 Å². The Morgan fingerprint density at radius 1 is 1.08 bits per heavy atom. The van der Waals surface area contributed by atoms with Crippen molar-refractivity contribution in [1.82, 2.24) is 10.2 Å². The number of thioether (sulfide) groups is 1. The van der Waals surface area contributed by atoms with Gasteiger partial charge in [-0.2, -0.15) is 0 Å². The maximum absolute atomic E-state index is 13.8.